The van der Waals surface area contributed by atoms with E-state index in [1.165, 1.54) is 0 Å². The summed E-state index contributed by atoms with van der Waals surface area (Å²) in [5.41, 5.74) is 2.18. The summed E-state index contributed by atoms with van der Waals surface area (Å²) < 4.78 is 11.5. The first-order chi connectivity index (χ1) is 13.1. The lowest BCUT2D eigenvalue weighted by atomic mass is 10.1. The number of carbonyl (C=O) groups excluding carboxylic acids is 2. The highest BCUT2D eigenvalue weighted by molar-refractivity contribution is 5.99. The molecule has 0 radical (unpaired) electrons. The van der Waals surface area contributed by atoms with Gasteiger partial charge in [0.25, 0.3) is 11.8 Å². The first-order valence-corrected chi connectivity index (χ1v) is 9.03. The normalized spacial score (nSPS) is 16.9. The van der Waals surface area contributed by atoms with E-state index in [1.807, 2.05) is 17.9 Å². The Morgan fingerprint density at radius 1 is 1.30 bits per heavy atom. The molecule has 3 heterocycles. The Bertz CT molecular complexity index is 875. The average Bonchev–Trinajstić information content (AvgIpc) is 2.69. The number of amides is 2. The lowest BCUT2D eigenvalue weighted by Crippen LogP contribution is -2.41. The van der Waals surface area contributed by atoms with Gasteiger partial charge in [0.05, 0.1) is 5.69 Å². The minimum Gasteiger partial charge on any atom is -0.490 e. The number of nitrogens with one attached hydrogen (secondary N) is 1. The summed E-state index contributed by atoms with van der Waals surface area (Å²) in [5.74, 6) is 1.17. The van der Waals surface area contributed by atoms with Gasteiger partial charge in [0.2, 0.25) is 0 Å². The number of aryl methyl sites for hydroxylation is 1. The van der Waals surface area contributed by atoms with E-state index in [0.717, 1.165) is 24.2 Å². The molecule has 2 aliphatic heterocycles. The maximum atomic E-state index is 12.8. The number of carbonyl (C=O) groups is 2. The molecule has 1 aromatic heterocycles. The lowest BCUT2D eigenvalue weighted by Gasteiger charge is -2.32. The SMILES string of the molecule is Cc1cnccc1OC1CCN(C(=O)c2ccc3c(c2)OCC(=O)N3)CC1. The molecule has 2 aliphatic rings. The molecular weight excluding hydrogens is 346 g/mol. The molecule has 0 unspecified atom stereocenters. The second-order valence-corrected chi connectivity index (χ2v) is 6.80. The zero-order chi connectivity index (χ0) is 18.8. The number of hydrogen-bond acceptors (Lipinski definition) is 5. The van der Waals surface area contributed by atoms with Gasteiger partial charge < -0.3 is 19.7 Å². The molecule has 1 aromatic carbocycles. The molecule has 0 spiro atoms. The van der Waals surface area contributed by atoms with Crippen molar-refractivity contribution in [3.8, 4) is 11.5 Å². The van der Waals surface area contributed by atoms with Gasteiger partial charge in [-0.05, 0) is 31.2 Å². The average molecular weight is 367 g/mol. The molecular formula is C20H21N3O4. The lowest BCUT2D eigenvalue weighted by molar-refractivity contribution is -0.118. The zero-order valence-electron chi connectivity index (χ0n) is 15.1. The Morgan fingerprint density at radius 2 is 2.11 bits per heavy atom. The highest BCUT2D eigenvalue weighted by Gasteiger charge is 2.26. The van der Waals surface area contributed by atoms with Gasteiger partial charge >= 0.3 is 0 Å². The molecule has 27 heavy (non-hydrogen) atoms. The fourth-order valence-electron chi connectivity index (χ4n) is 3.34. The molecule has 0 aliphatic carbocycles. The van der Waals surface area contributed by atoms with Crippen molar-refractivity contribution < 1.29 is 19.1 Å². The van der Waals surface area contributed by atoms with E-state index in [9.17, 15) is 9.59 Å². The minimum absolute atomic E-state index is 0.0260. The number of aromatic nitrogens is 1. The van der Waals surface area contributed by atoms with Crippen molar-refractivity contribution in [2.45, 2.75) is 25.9 Å². The fraction of sp³-hybridized carbons (Fsp3) is 0.350. The van der Waals surface area contributed by atoms with Crippen molar-refractivity contribution in [1.82, 2.24) is 9.88 Å². The van der Waals surface area contributed by atoms with E-state index in [2.05, 4.69) is 10.3 Å². The summed E-state index contributed by atoms with van der Waals surface area (Å²) in [6, 6.07) is 7.00. The molecule has 1 saturated heterocycles. The van der Waals surface area contributed by atoms with Crippen LogP contribution in [0.15, 0.2) is 36.7 Å². The van der Waals surface area contributed by atoms with Crippen LogP contribution in [0.5, 0.6) is 11.5 Å². The summed E-state index contributed by atoms with van der Waals surface area (Å²) in [6.07, 6.45) is 5.17. The van der Waals surface area contributed by atoms with Crippen LogP contribution < -0.4 is 14.8 Å². The van der Waals surface area contributed by atoms with Gasteiger partial charge in [-0.15, -0.1) is 0 Å². The van der Waals surface area contributed by atoms with E-state index in [-0.39, 0.29) is 24.5 Å². The van der Waals surface area contributed by atoms with E-state index in [0.29, 0.717) is 30.1 Å². The van der Waals surface area contributed by atoms with Gasteiger partial charge in [-0.25, -0.2) is 0 Å². The largest absolute Gasteiger partial charge is 0.490 e. The van der Waals surface area contributed by atoms with Crippen LogP contribution in [0, 0.1) is 6.92 Å². The highest BCUT2D eigenvalue weighted by Crippen LogP contribution is 2.29. The van der Waals surface area contributed by atoms with Crippen molar-refractivity contribution in [1.29, 1.82) is 0 Å². The number of anilines is 1. The van der Waals surface area contributed by atoms with Crippen molar-refractivity contribution in [3.05, 3.63) is 47.8 Å². The smallest absolute Gasteiger partial charge is 0.262 e. The van der Waals surface area contributed by atoms with Crippen LogP contribution in [-0.4, -0.2) is 47.5 Å². The van der Waals surface area contributed by atoms with Crippen LogP contribution in [0.1, 0.15) is 28.8 Å². The monoisotopic (exact) mass is 367 g/mol. The molecule has 1 N–H and O–H groups in total. The molecule has 0 atom stereocenters. The van der Waals surface area contributed by atoms with Gasteiger partial charge in [-0.3, -0.25) is 14.6 Å². The standard InChI is InChI=1S/C20H21N3O4/c1-13-11-21-7-4-17(13)27-15-5-8-23(9-6-15)20(25)14-2-3-16-18(10-14)26-12-19(24)22-16/h2-4,7,10-11,15H,5-6,8-9,12H2,1H3,(H,22,24). The number of hydrogen-bond donors (Lipinski definition) is 1. The van der Waals surface area contributed by atoms with Crippen LogP contribution in [0.2, 0.25) is 0 Å². The van der Waals surface area contributed by atoms with Crippen molar-refractivity contribution in [2.24, 2.45) is 0 Å². The predicted molar refractivity (Wildman–Crippen MR) is 99.1 cm³/mol. The Morgan fingerprint density at radius 3 is 2.89 bits per heavy atom. The number of fused-ring (bicyclic) bond motifs is 1. The van der Waals surface area contributed by atoms with Crippen LogP contribution in [0.25, 0.3) is 0 Å². The van der Waals surface area contributed by atoms with E-state index >= 15 is 0 Å². The number of nitrogens with zero attached hydrogens (tertiary/aromatic N) is 2. The maximum absolute atomic E-state index is 12.8. The zero-order valence-corrected chi connectivity index (χ0v) is 15.1. The molecule has 1 fully saturated rings. The van der Waals surface area contributed by atoms with Crippen LogP contribution in [0.4, 0.5) is 5.69 Å². The first kappa shape index (κ1) is 17.3. The Hall–Kier alpha value is -3.09. The molecule has 7 heteroatoms. The van der Waals surface area contributed by atoms with E-state index < -0.39 is 0 Å². The molecule has 0 saturated carbocycles. The van der Waals surface area contributed by atoms with Gasteiger partial charge in [0, 0.05) is 49.5 Å². The number of pyridine rings is 1. The molecule has 140 valence electrons. The van der Waals surface area contributed by atoms with E-state index in [4.69, 9.17) is 9.47 Å². The number of ether oxygens (including phenoxy) is 2. The molecule has 0 bridgehead atoms. The summed E-state index contributed by atoms with van der Waals surface area (Å²) in [5, 5.41) is 2.73. The highest BCUT2D eigenvalue weighted by atomic mass is 16.5. The number of piperidine rings is 1. The van der Waals surface area contributed by atoms with Crippen molar-refractivity contribution in [3.63, 3.8) is 0 Å². The van der Waals surface area contributed by atoms with Crippen LogP contribution in [0.3, 0.4) is 0 Å². The third-order valence-corrected chi connectivity index (χ3v) is 4.85. The summed E-state index contributed by atoms with van der Waals surface area (Å²) in [4.78, 5) is 30.1. The first-order valence-electron chi connectivity index (χ1n) is 9.03. The Kier molecular flexibility index (Phi) is 4.66. The Balaban J connectivity index is 1.37. The summed E-state index contributed by atoms with van der Waals surface area (Å²) in [7, 11) is 0. The summed E-state index contributed by atoms with van der Waals surface area (Å²) >= 11 is 0. The second kappa shape index (κ2) is 7.26. The third kappa shape index (κ3) is 3.72. The summed E-state index contributed by atoms with van der Waals surface area (Å²) in [6.45, 7) is 3.23. The van der Waals surface area contributed by atoms with E-state index in [1.54, 1.807) is 30.6 Å². The van der Waals surface area contributed by atoms with Crippen molar-refractivity contribution >= 4 is 17.5 Å². The van der Waals surface area contributed by atoms with Gasteiger partial charge in [0.1, 0.15) is 17.6 Å². The number of benzene rings is 1. The third-order valence-electron chi connectivity index (χ3n) is 4.85. The number of rotatable bonds is 3. The van der Waals surface area contributed by atoms with Crippen molar-refractivity contribution in [2.75, 3.05) is 25.0 Å². The quantitative estimate of drug-likeness (QED) is 0.901. The maximum Gasteiger partial charge on any atom is 0.262 e. The van der Waals surface area contributed by atoms with Gasteiger partial charge in [0.15, 0.2) is 6.61 Å². The number of likely N-dealkylation sites (tertiary alicyclic amines) is 1. The minimum atomic E-state index is -0.187. The van der Waals surface area contributed by atoms with Gasteiger partial charge in [-0.2, -0.15) is 0 Å². The second-order valence-electron chi connectivity index (χ2n) is 6.80. The molecule has 2 amide bonds. The van der Waals surface area contributed by atoms with Gasteiger partial charge in [-0.1, -0.05) is 0 Å². The fourth-order valence-corrected chi connectivity index (χ4v) is 3.34. The van der Waals surface area contributed by atoms with Crippen LogP contribution >= 0.6 is 0 Å². The Labute approximate surface area is 157 Å². The molecule has 4 rings (SSSR count). The van der Waals surface area contributed by atoms with Crippen LogP contribution in [-0.2, 0) is 4.79 Å². The predicted octanol–water partition coefficient (Wildman–Crippen LogP) is 2.40. The topological polar surface area (TPSA) is 80.8 Å². The molecule has 7 nitrogen and oxygen atoms in total. The molecule has 2 aromatic rings.